The van der Waals surface area contributed by atoms with E-state index in [2.05, 4.69) is 18.3 Å². The van der Waals surface area contributed by atoms with E-state index in [0.29, 0.717) is 5.92 Å². The molecule has 0 bridgehead atoms. The van der Waals surface area contributed by atoms with Crippen molar-refractivity contribution in [1.29, 1.82) is 0 Å². The van der Waals surface area contributed by atoms with Crippen LogP contribution in [0.2, 0.25) is 0 Å². The first-order valence-electron chi connectivity index (χ1n) is 6.73. The van der Waals surface area contributed by atoms with Crippen molar-refractivity contribution < 1.29 is 4.79 Å². The number of allylic oxidation sites excluding steroid dienone is 1. The van der Waals surface area contributed by atoms with Crippen molar-refractivity contribution >= 4 is 5.91 Å². The first-order valence-corrected chi connectivity index (χ1v) is 6.73. The number of nitrogens with one attached hydrogen (secondary N) is 1. The van der Waals surface area contributed by atoms with Crippen LogP contribution in [0.3, 0.4) is 0 Å². The van der Waals surface area contributed by atoms with E-state index in [9.17, 15) is 4.79 Å². The number of amides is 1. The second-order valence-electron chi connectivity index (χ2n) is 5.28. The van der Waals surface area contributed by atoms with Gasteiger partial charge in [0.1, 0.15) is 0 Å². The molecule has 0 aromatic heterocycles. The minimum Gasteiger partial charge on any atom is -0.356 e. The van der Waals surface area contributed by atoms with Crippen LogP contribution >= 0.6 is 0 Å². The third-order valence-corrected chi connectivity index (χ3v) is 3.87. The van der Waals surface area contributed by atoms with Gasteiger partial charge in [-0.15, -0.1) is 0 Å². The van der Waals surface area contributed by atoms with Crippen LogP contribution in [-0.4, -0.2) is 12.5 Å². The summed E-state index contributed by atoms with van der Waals surface area (Å²) in [5.41, 5.74) is 1.55. The average Bonchev–Trinajstić information content (AvgIpc) is 3.13. The molecule has 0 heterocycles. The van der Waals surface area contributed by atoms with Gasteiger partial charge in [-0.1, -0.05) is 18.6 Å². The van der Waals surface area contributed by atoms with Crippen LogP contribution in [0.4, 0.5) is 0 Å². The molecule has 2 rings (SSSR count). The van der Waals surface area contributed by atoms with Crippen molar-refractivity contribution in [2.75, 3.05) is 6.54 Å². The molecule has 0 aliphatic heterocycles. The Morgan fingerprint density at radius 2 is 2.31 bits per heavy atom. The summed E-state index contributed by atoms with van der Waals surface area (Å²) in [6.07, 6.45) is 11.1. The minimum absolute atomic E-state index is 0.236. The van der Waals surface area contributed by atoms with Gasteiger partial charge < -0.3 is 5.32 Å². The van der Waals surface area contributed by atoms with Gasteiger partial charge in [0, 0.05) is 12.5 Å². The highest BCUT2D eigenvalue weighted by Gasteiger charge is 2.32. The number of hydrogen-bond acceptors (Lipinski definition) is 1. The second kappa shape index (κ2) is 5.51. The quantitative estimate of drug-likeness (QED) is 0.710. The van der Waals surface area contributed by atoms with Crippen LogP contribution in [0.5, 0.6) is 0 Å². The van der Waals surface area contributed by atoms with E-state index in [1.54, 1.807) is 5.57 Å². The molecule has 2 nitrogen and oxygen atoms in total. The van der Waals surface area contributed by atoms with Gasteiger partial charge in [-0.2, -0.15) is 0 Å². The van der Waals surface area contributed by atoms with Gasteiger partial charge in [0.25, 0.3) is 0 Å². The molecule has 0 aromatic rings. The summed E-state index contributed by atoms with van der Waals surface area (Å²) in [6, 6.07) is 0. The molecule has 16 heavy (non-hydrogen) atoms. The Morgan fingerprint density at radius 3 is 2.94 bits per heavy atom. The average molecular weight is 221 g/mol. The Hall–Kier alpha value is -0.790. The van der Waals surface area contributed by atoms with Crippen LogP contribution in [-0.2, 0) is 4.79 Å². The van der Waals surface area contributed by atoms with Crippen LogP contribution in [0.1, 0.15) is 51.9 Å². The first kappa shape index (κ1) is 11.7. The van der Waals surface area contributed by atoms with Gasteiger partial charge in [-0.05, 0) is 50.9 Å². The first-order chi connectivity index (χ1) is 7.77. The molecule has 1 N–H and O–H groups in total. The highest BCUT2D eigenvalue weighted by atomic mass is 16.1. The van der Waals surface area contributed by atoms with E-state index in [1.165, 1.54) is 38.5 Å². The summed E-state index contributed by atoms with van der Waals surface area (Å²) in [6.45, 7) is 2.90. The van der Waals surface area contributed by atoms with E-state index in [1.807, 2.05) is 0 Å². The van der Waals surface area contributed by atoms with Crippen molar-refractivity contribution in [3.8, 4) is 0 Å². The lowest BCUT2D eigenvalue weighted by Crippen LogP contribution is -2.31. The molecule has 1 fully saturated rings. The standard InChI is InChI=1S/C14H23NO/c1-11(13-7-8-13)14(16)15-10-9-12-5-3-2-4-6-12/h5,11,13H,2-4,6-10H2,1H3,(H,15,16). The summed E-state index contributed by atoms with van der Waals surface area (Å²) < 4.78 is 0. The molecule has 0 spiro atoms. The monoisotopic (exact) mass is 221 g/mol. The Kier molecular flexibility index (Phi) is 4.03. The Labute approximate surface area is 98.5 Å². The molecule has 1 amide bonds. The molecule has 90 valence electrons. The molecule has 2 heteroatoms. The maximum absolute atomic E-state index is 11.7. The van der Waals surface area contributed by atoms with Gasteiger partial charge >= 0.3 is 0 Å². The van der Waals surface area contributed by atoms with Gasteiger partial charge in [0.15, 0.2) is 0 Å². The Balaban J connectivity index is 1.63. The van der Waals surface area contributed by atoms with Crippen molar-refractivity contribution in [1.82, 2.24) is 5.32 Å². The summed E-state index contributed by atoms with van der Waals surface area (Å²) in [4.78, 5) is 11.7. The maximum Gasteiger partial charge on any atom is 0.223 e. The van der Waals surface area contributed by atoms with Gasteiger partial charge in [-0.25, -0.2) is 0 Å². The maximum atomic E-state index is 11.7. The van der Waals surface area contributed by atoms with Gasteiger partial charge in [-0.3, -0.25) is 4.79 Å². The zero-order valence-electron chi connectivity index (χ0n) is 10.3. The smallest absolute Gasteiger partial charge is 0.223 e. The van der Waals surface area contributed by atoms with Crippen molar-refractivity contribution in [2.45, 2.75) is 51.9 Å². The summed E-state index contributed by atoms with van der Waals surface area (Å²) in [5.74, 6) is 1.17. The molecule has 0 radical (unpaired) electrons. The molecular formula is C14H23NO. The Bertz CT molecular complexity index is 278. The predicted octanol–water partition coefficient (Wildman–Crippen LogP) is 3.04. The molecule has 1 unspecified atom stereocenters. The number of carbonyl (C=O) groups excluding carboxylic acids is 1. The third kappa shape index (κ3) is 3.36. The summed E-state index contributed by atoms with van der Waals surface area (Å²) in [7, 11) is 0. The zero-order valence-corrected chi connectivity index (χ0v) is 10.3. The van der Waals surface area contributed by atoms with E-state index < -0.39 is 0 Å². The van der Waals surface area contributed by atoms with Crippen LogP contribution in [0.25, 0.3) is 0 Å². The second-order valence-corrected chi connectivity index (χ2v) is 5.28. The van der Waals surface area contributed by atoms with Crippen molar-refractivity contribution in [3.63, 3.8) is 0 Å². The van der Waals surface area contributed by atoms with E-state index in [4.69, 9.17) is 0 Å². The third-order valence-electron chi connectivity index (χ3n) is 3.87. The fourth-order valence-electron chi connectivity index (χ4n) is 2.45. The van der Waals surface area contributed by atoms with E-state index >= 15 is 0 Å². The molecule has 0 aromatic carbocycles. The molecular weight excluding hydrogens is 198 g/mol. The van der Waals surface area contributed by atoms with Crippen LogP contribution in [0, 0.1) is 11.8 Å². The van der Waals surface area contributed by atoms with Gasteiger partial charge in [0.2, 0.25) is 5.91 Å². The SMILES string of the molecule is CC(C(=O)NCCC1=CCCCC1)C1CC1. The highest BCUT2D eigenvalue weighted by Crippen LogP contribution is 2.36. The molecule has 2 aliphatic carbocycles. The van der Waals surface area contributed by atoms with Crippen molar-refractivity contribution in [3.05, 3.63) is 11.6 Å². The lowest BCUT2D eigenvalue weighted by Gasteiger charge is -2.14. The topological polar surface area (TPSA) is 29.1 Å². The zero-order chi connectivity index (χ0) is 11.4. The summed E-state index contributed by atoms with van der Waals surface area (Å²) >= 11 is 0. The van der Waals surface area contributed by atoms with Gasteiger partial charge in [0.05, 0.1) is 0 Å². The number of rotatable bonds is 5. The van der Waals surface area contributed by atoms with Crippen LogP contribution in [0.15, 0.2) is 11.6 Å². The number of hydrogen-bond donors (Lipinski definition) is 1. The lowest BCUT2D eigenvalue weighted by atomic mass is 9.97. The fourth-order valence-corrected chi connectivity index (χ4v) is 2.45. The normalized spacial score (nSPS) is 22.4. The fraction of sp³-hybridized carbons (Fsp3) is 0.786. The number of carbonyl (C=O) groups is 1. The summed E-state index contributed by atoms with van der Waals surface area (Å²) in [5, 5.41) is 3.07. The van der Waals surface area contributed by atoms with E-state index in [-0.39, 0.29) is 11.8 Å². The molecule has 1 atom stereocenters. The molecule has 1 saturated carbocycles. The minimum atomic E-state index is 0.236. The lowest BCUT2D eigenvalue weighted by molar-refractivity contribution is -0.125. The molecule has 2 aliphatic rings. The predicted molar refractivity (Wildman–Crippen MR) is 66.1 cm³/mol. The Morgan fingerprint density at radius 1 is 1.50 bits per heavy atom. The van der Waals surface area contributed by atoms with E-state index in [0.717, 1.165) is 13.0 Å². The van der Waals surface area contributed by atoms with Crippen LogP contribution < -0.4 is 5.32 Å². The highest BCUT2D eigenvalue weighted by molar-refractivity contribution is 5.78. The molecule has 0 saturated heterocycles. The van der Waals surface area contributed by atoms with Crippen molar-refractivity contribution in [2.24, 2.45) is 11.8 Å². The largest absolute Gasteiger partial charge is 0.356 e.